The van der Waals surface area contributed by atoms with Gasteiger partial charge in [-0.25, -0.2) is 0 Å². The van der Waals surface area contributed by atoms with Crippen molar-refractivity contribution in [2.24, 2.45) is 10.9 Å². The molecule has 0 unspecified atom stereocenters. The van der Waals surface area contributed by atoms with Crippen LogP contribution in [0, 0.1) is 6.92 Å². The van der Waals surface area contributed by atoms with E-state index in [1.807, 2.05) is 42.6 Å². The summed E-state index contributed by atoms with van der Waals surface area (Å²) in [6.45, 7) is 1.98. The van der Waals surface area contributed by atoms with E-state index in [1.165, 1.54) is 4.21 Å². The average Bonchev–Trinajstić information content (AvgIpc) is 2.83. The monoisotopic (exact) mass is 264 g/mol. The molecule has 0 spiro atoms. The summed E-state index contributed by atoms with van der Waals surface area (Å²) in [4.78, 5) is 0.994. The number of thiophene rings is 1. The summed E-state index contributed by atoms with van der Waals surface area (Å²) in [5.74, 6) is 0.146. The second-order valence-electron chi connectivity index (χ2n) is 3.52. The van der Waals surface area contributed by atoms with Crippen LogP contribution >= 0.6 is 23.1 Å². The smallest absolute Gasteiger partial charge is 0.171 e. The normalized spacial score (nSPS) is 11.7. The maximum Gasteiger partial charge on any atom is 0.171 e. The van der Waals surface area contributed by atoms with Crippen molar-refractivity contribution in [2.45, 2.75) is 16.0 Å². The third-order valence-electron chi connectivity index (χ3n) is 2.22. The minimum atomic E-state index is 0.146. The third-order valence-corrected chi connectivity index (χ3v) is 4.34. The average molecular weight is 264 g/mol. The number of benzene rings is 1. The number of nitrogens with two attached hydrogens (primary N) is 1. The van der Waals surface area contributed by atoms with Crippen LogP contribution in [-0.4, -0.2) is 11.0 Å². The van der Waals surface area contributed by atoms with Gasteiger partial charge in [0.15, 0.2) is 5.84 Å². The van der Waals surface area contributed by atoms with Gasteiger partial charge < -0.3 is 10.9 Å². The molecule has 3 N–H and O–H groups in total. The Hall–Kier alpha value is -1.46. The quantitative estimate of drug-likeness (QED) is 0.387. The number of rotatable bonds is 3. The molecule has 0 saturated heterocycles. The molecule has 2 aromatic rings. The van der Waals surface area contributed by atoms with Gasteiger partial charge in [0, 0.05) is 10.5 Å². The summed E-state index contributed by atoms with van der Waals surface area (Å²) >= 11 is 3.29. The predicted octanol–water partition coefficient (Wildman–Crippen LogP) is 3.30. The Balaban J connectivity index is 2.39. The molecule has 17 heavy (non-hydrogen) atoms. The topological polar surface area (TPSA) is 58.6 Å². The molecular formula is C12H12N2OS2. The van der Waals surface area contributed by atoms with E-state index in [4.69, 9.17) is 10.9 Å². The van der Waals surface area contributed by atoms with Crippen LogP contribution < -0.4 is 5.73 Å². The van der Waals surface area contributed by atoms with Crippen molar-refractivity contribution in [3.8, 4) is 0 Å². The molecular weight excluding hydrogens is 252 g/mol. The van der Waals surface area contributed by atoms with Gasteiger partial charge in [0.1, 0.15) is 0 Å². The fourth-order valence-electron chi connectivity index (χ4n) is 1.42. The number of hydrogen-bond donors (Lipinski definition) is 2. The molecule has 0 aliphatic heterocycles. The highest BCUT2D eigenvalue weighted by atomic mass is 32.2. The number of hydrogen-bond acceptors (Lipinski definition) is 4. The van der Waals surface area contributed by atoms with Crippen LogP contribution in [0.5, 0.6) is 0 Å². The van der Waals surface area contributed by atoms with Gasteiger partial charge in [0.2, 0.25) is 0 Å². The second kappa shape index (κ2) is 5.25. The summed E-state index contributed by atoms with van der Waals surface area (Å²) in [7, 11) is 0. The number of oxime groups is 1. The zero-order valence-corrected chi connectivity index (χ0v) is 10.9. The van der Waals surface area contributed by atoms with Crippen molar-refractivity contribution in [3.63, 3.8) is 0 Å². The largest absolute Gasteiger partial charge is 0.409 e. The highest BCUT2D eigenvalue weighted by Gasteiger charge is 2.09. The highest BCUT2D eigenvalue weighted by Crippen LogP contribution is 2.33. The van der Waals surface area contributed by atoms with E-state index in [-0.39, 0.29) is 5.84 Å². The molecule has 0 aliphatic rings. The van der Waals surface area contributed by atoms with Crippen LogP contribution in [-0.2, 0) is 0 Å². The standard InChI is InChI=1S/C12H12N2OS2/c1-8-4-5-10(9(7-8)12(13)14-15)17-11-3-2-6-16-11/h2-7,15H,1H3,(H2,13,14). The Morgan fingerprint density at radius 1 is 1.41 bits per heavy atom. The molecule has 3 nitrogen and oxygen atoms in total. The van der Waals surface area contributed by atoms with E-state index in [0.717, 1.165) is 16.0 Å². The SMILES string of the molecule is Cc1ccc(Sc2cccs2)c(/C(N)=N/O)c1. The van der Waals surface area contributed by atoms with Gasteiger partial charge in [-0.2, -0.15) is 0 Å². The van der Waals surface area contributed by atoms with Crippen LogP contribution in [0.15, 0.2) is 50.0 Å². The molecule has 1 heterocycles. The van der Waals surface area contributed by atoms with E-state index in [1.54, 1.807) is 23.1 Å². The minimum Gasteiger partial charge on any atom is -0.409 e. The molecule has 0 saturated carbocycles. The molecule has 0 radical (unpaired) electrons. The Morgan fingerprint density at radius 3 is 2.88 bits per heavy atom. The van der Waals surface area contributed by atoms with Crippen LogP contribution in [0.1, 0.15) is 11.1 Å². The van der Waals surface area contributed by atoms with Crippen molar-refractivity contribution >= 4 is 28.9 Å². The highest BCUT2D eigenvalue weighted by molar-refractivity contribution is 8.01. The van der Waals surface area contributed by atoms with E-state index < -0.39 is 0 Å². The van der Waals surface area contributed by atoms with Gasteiger partial charge in [-0.15, -0.1) is 11.3 Å². The van der Waals surface area contributed by atoms with Crippen molar-refractivity contribution in [1.29, 1.82) is 0 Å². The second-order valence-corrected chi connectivity index (χ2v) is 5.81. The maximum atomic E-state index is 8.79. The van der Waals surface area contributed by atoms with Gasteiger partial charge in [-0.3, -0.25) is 0 Å². The number of nitrogens with zero attached hydrogens (tertiary/aromatic N) is 1. The zero-order chi connectivity index (χ0) is 12.3. The lowest BCUT2D eigenvalue weighted by Gasteiger charge is -2.07. The van der Waals surface area contributed by atoms with Crippen LogP contribution in [0.4, 0.5) is 0 Å². The first-order chi connectivity index (χ1) is 8.20. The molecule has 1 aromatic heterocycles. The van der Waals surface area contributed by atoms with Crippen molar-refractivity contribution in [2.75, 3.05) is 0 Å². The van der Waals surface area contributed by atoms with Gasteiger partial charge in [-0.1, -0.05) is 34.6 Å². The first-order valence-electron chi connectivity index (χ1n) is 5.00. The Kier molecular flexibility index (Phi) is 3.71. The van der Waals surface area contributed by atoms with Crippen LogP contribution in [0.2, 0.25) is 0 Å². The summed E-state index contributed by atoms with van der Waals surface area (Å²) in [5, 5.41) is 13.9. The lowest BCUT2D eigenvalue weighted by molar-refractivity contribution is 0.318. The third kappa shape index (κ3) is 2.81. The van der Waals surface area contributed by atoms with Crippen molar-refractivity contribution < 1.29 is 5.21 Å². The van der Waals surface area contributed by atoms with E-state index >= 15 is 0 Å². The maximum absolute atomic E-state index is 8.79. The van der Waals surface area contributed by atoms with Crippen LogP contribution in [0.25, 0.3) is 0 Å². The van der Waals surface area contributed by atoms with Crippen molar-refractivity contribution in [3.05, 3.63) is 46.8 Å². The summed E-state index contributed by atoms with van der Waals surface area (Å²) in [6.07, 6.45) is 0. The van der Waals surface area contributed by atoms with Gasteiger partial charge in [-0.05, 0) is 30.5 Å². The number of amidine groups is 1. The Morgan fingerprint density at radius 2 is 2.24 bits per heavy atom. The molecule has 0 fully saturated rings. The molecule has 1 aromatic carbocycles. The summed E-state index contributed by atoms with van der Waals surface area (Å²) < 4.78 is 1.18. The van der Waals surface area contributed by atoms with E-state index in [2.05, 4.69) is 5.16 Å². The van der Waals surface area contributed by atoms with Gasteiger partial charge >= 0.3 is 0 Å². The zero-order valence-electron chi connectivity index (χ0n) is 9.25. The Bertz CT molecular complexity index is 535. The number of aryl methyl sites for hydroxylation is 1. The van der Waals surface area contributed by atoms with Gasteiger partial charge in [0.05, 0.1) is 4.21 Å². The minimum absolute atomic E-state index is 0.146. The molecule has 0 atom stereocenters. The lowest BCUT2D eigenvalue weighted by atomic mass is 10.1. The van der Waals surface area contributed by atoms with E-state index in [0.29, 0.717) is 0 Å². The fraction of sp³-hybridized carbons (Fsp3) is 0.0833. The first kappa shape index (κ1) is 12.0. The molecule has 0 bridgehead atoms. The summed E-state index contributed by atoms with van der Waals surface area (Å²) in [6, 6.07) is 9.98. The molecule has 5 heteroatoms. The van der Waals surface area contributed by atoms with Gasteiger partial charge in [0.25, 0.3) is 0 Å². The molecule has 88 valence electrons. The van der Waals surface area contributed by atoms with Crippen molar-refractivity contribution in [1.82, 2.24) is 0 Å². The van der Waals surface area contributed by atoms with Crippen LogP contribution in [0.3, 0.4) is 0 Å². The molecule has 0 amide bonds. The Labute approximate surface area is 108 Å². The molecule has 0 aliphatic carbocycles. The lowest BCUT2D eigenvalue weighted by Crippen LogP contribution is -2.14. The van der Waals surface area contributed by atoms with E-state index in [9.17, 15) is 0 Å². The summed E-state index contributed by atoms with van der Waals surface area (Å²) in [5.41, 5.74) is 7.54. The molecule has 2 rings (SSSR count). The fourth-order valence-corrected chi connectivity index (χ4v) is 3.27. The first-order valence-corrected chi connectivity index (χ1v) is 6.70. The predicted molar refractivity (Wildman–Crippen MR) is 72.1 cm³/mol.